The van der Waals surface area contributed by atoms with Crippen LogP contribution in [-0.4, -0.2) is 22.2 Å². The summed E-state index contributed by atoms with van der Waals surface area (Å²) in [6.45, 7) is 3.42. The second-order valence-corrected chi connectivity index (χ2v) is 6.27. The van der Waals surface area contributed by atoms with Crippen LogP contribution in [0.15, 0.2) is 18.3 Å². The van der Waals surface area contributed by atoms with Gasteiger partial charge >= 0.3 is 0 Å². The molecule has 1 aliphatic heterocycles. The number of hydrogen-bond acceptors (Lipinski definition) is 3. The predicted molar refractivity (Wildman–Crippen MR) is 92.0 cm³/mol. The minimum Gasteiger partial charge on any atom is -0.384 e. The number of fused-ring (bicyclic) bond motifs is 1. The first-order valence-electron chi connectivity index (χ1n) is 7.94. The van der Waals surface area contributed by atoms with Gasteiger partial charge in [-0.25, -0.2) is 0 Å². The van der Waals surface area contributed by atoms with E-state index in [-0.39, 0.29) is 5.91 Å². The van der Waals surface area contributed by atoms with Gasteiger partial charge in [0.25, 0.3) is 5.91 Å². The molecule has 1 amide bonds. The van der Waals surface area contributed by atoms with Crippen molar-refractivity contribution in [2.24, 2.45) is 7.05 Å². The van der Waals surface area contributed by atoms with E-state index in [1.807, 2.05) is 19.3 Å². The third-order valence-electron chi connectivity index (χ3n) is 4.12. The molecule has 0 atom stereocenters. The van der Waals surface area contributed by atoms with Crippen molar-refractivity contribution in [2.75, 3.05) is 11.9 Å². The molecule has 2 heterocycles. The highest BCUT2D eigenvalue weighted by molar-refractivity contribution is 6.31. The Morgan fingerprint density at radius 2 is 2.30 bits per heavy atom. The molecule has 0 fully saturated rings. The fourth-order valence-electron chi connectivity index (χ4n) is 3.04. The molecule has 122 valence electrons. The van der Waals surface area contributed by atoms with Crippen molar-refractivity contribution in [1.29, 1.82) is 0 Å². The number of amides is 1. The fraction of sp³-hybridized carbons (Fsp3) is 0.412. The zero-order chi connectivity index (χ0) is 16.4. The van der Waals surface area contributed by atoms with E-state index >= 15 is 0 Å². The lowest BCUT2D eigenvalue weighted by Gasteiger charge is -2.21. The van der Waals surface area contributed by atoms with Crippen LogP contribution in [0.2, 0.25) is 5.02 Å². The van der Waals surface area contributed by atoms with Gasteiger partial charge in [0.15, 0.2) is 0 Å². The molecule has 0 bridgehead atoms. The van der Waals surface area contributed by atoms with Crippen molar-refractivity contribution in [3.8, 4) is 0 Å². The summed E-state index contributed by atoms with van der Waals surface area (Å²) in [6, 6.07) is 3.67. The lowest BCUT2D eigenvalue weighted by Crippen LogP contribution is -2.26. The minimum absolute atomic E-state index is 0.107. The zero-order valence-corrected chi connectivity index (χ0v) is 14.2. The Labute approximate surface area is 141 Å². The Kier molecular flexibility index (Phi) is 4.57. The second kappa shape index (κ2) is 6.62. The monoisotopic (exact) mass is 332 g/mol. The number of carbonyl (C=O) groups is 1. The van der Waals surface area contributed by atoms with Crippen LogP contribution in [-0.2, 0) is 26.4 Å². The summed E-state index contributed by atoms with van der Waals surface area (Å²) in [4.78, 5) is 12.6. The van der Waals surface area contributed by atoms with Gasteiger partial charge in [-0.1, -0.05) is 18.5 Å². The predicted octanol–water partition coefficient (Wildman–Crippen LogP) is 2.92. The summed E-state index contributed by atoms with van der Waals surface area (Å²) in [5, 5.41) is 11.3. The van der Waals surface area contributed by atoms with Gasteiger partial charge in [0.1, 0.15) is 0 Å². The van der Waals surface area contributed by atoms with Gasteiger partial charge in [-0.05, 0) is 37.0 Å². The fourth-order valence-corrected chi connectivity index (χ4v) is 3.28. The van der Waals surface area contributed by atoms with E-state index < -0.39 is 0 Å². The summed E-state index contributed by atoms with van der Waals surface area (Å²) < 4.78 is 1.78. The smallest absolute Gasteiger partial charge is 0.253 e. The van der Waals surface area contributed by atoms with Gasteiger partial charge in [-0.3, -0.25) is 9.48 Å². The average Bonchev–Trinajstić information content (AvgIpc) is 2.91. The molecule has 0 unspecified atom stereocenters. The van der Waals surface area contributed by atoms with E-state index in [4.69, 9.17) is 11.6 Å². The highest BCUT2D eigenvalue weighted by Crippen LogP contribution is 2.29. The van der Waals surface area contributed by atoms with E-state index in [1.54, 1.807) is 10.7 Å². The Morgan fingerprint density at radius 1 is 1.48 bits per heavy atom. The first-order valence-corrected chi connectivity index (χ1v) is 8.32. The number of nitrogens with one attached hydrogen (secondary N) is 2. The van der Waals surface area contributed by atoms with E-state index in [2.05, 4.69) is 22.7 Å². The lowest BCUT2D eigenvalue weighted by atomic mass is 9.99. The van der Waals surface area contributed by atoms with Gasteiger partial charge in [0.2, 0.25) is 0 Å². The maximum atomic E-state index is 12.6. The first kappa shape index (κ1) is 15.9. The quantitative estimate of drug-likeness (QED) is 0.905. The normalized spacial score (nSPS) is 13.3. The topological polar surface area (TPSA) is 59.0 Å². The number of benzene rings is 1. The highest BCUT2D eigenvalue weighted by Gasteiger charge is 2.19. The number of anilines is 1. The zero-order valence-electron chi connectivity index (χ0n) is 13.4. The Morgan fingerprint density at radius 3 is 3.09 bits per heavy atom. The molecule has 2 aromatic rings. The third kappa shape index (κ3) is 3.34. The second-order valence-electron chi connectivity index (χ2n) is 5.83. The van der Waals surface area contributed by atoms with Crippen LogP contribution in [0.1, 0.15) is 40.5 Å². The molecule has 5 nitrogen and oxygen atoms in total. The minimum atomic E-state index is -0.107. The molecular weight excluding hydrogens is 312 g/mol. The van der Waals surface area contributed by atoms with Crippen molar-refractivity contribution in [3.05, 3.63) is 45.7 Å². The molecule has 2 N–H and O–H groups in total. The van der Waals surface area contributed by atoms with Crippen LogP contribution >= 0.6 is 11.6 Å². The summed E-state index contributed by atoms with van der Waals surface area (Å²) in [5.41, 5.74) is 4.71. The van der Waals surface area contributed by atoms with Gasteiger partial charge < -0.3 is 10.6 Å². The molecule has 1 aromatic carbocycles. The number of hydrogen-bond donors (Lipinski definition) is 2. The van der Waals surface area contributed by atoms with Gasteiger partial charge in [-0.2, -0.15) is 5.10 Å². The Balaban J connectivity index is 1.79. The van der Waals surface area contributed by atoms with Crippen LogP contribution in [0.4, 0.5) is 5.69 Å². The average molecular weight is 333 g/mol. The van der Waals surface area contributed by atoms with Crippen molar-refractivity contribution in [2.45, 2.75) is 32.7 Å². The summed E-state index contributed by atoms with van der Waals surface area (Å²) in [7, 11) is 1.89. The van der Waals surface area contributed by atoms with Crippen LogP contribution in [0.5, 0.6) is 0 Å². The summed E-state index contributed by atoms with van der Waals surface area (Å²) in [6.07, 6.45) is 4.81. The number of nitrogens with zero attached hydrogens (tertiary/aromatic N) is 2. The number of rotatable bonds is 4. The van der Waals surface area contributed by atoms with Gasteiger partial charge in [-0.15, -0.1) is 0 Å². The highest BCUT2D eigenvalue weighted by atomic mass is 35.5. The maximum absolute atomic E-state index is 12.6. The SMILES string of the molecule is CCc1nn(C)cc1CNC(=O)c1cc(Cl)cc2c1NCCC2. The van der Waals surface area contributed by atoms with Crippen molar-refractivity contribution >= 4 is 23.2 Å². The summed E-state index contributed by atoms with van der Waals surface area (Å²) in [5.74, 6) is -0.107. The molecule has 0 saturated heterocycles. The number of aromatic nitrogens is 2. The number of halogens is 1. The molecule has 3 rings (SSSR count). The molecule has 23 heavy (non-hydrogen) atoms. The molecular formula is C17H21ClN4O. The van der Waals surface area contributed by atoms with Crippen LogP contribution in [0.25, 0.3) is 0 Å². The molecule has 1 aromatic heterocycles. The standard InChI is InChI=1S/C17H21ClN4O/c1-3-15-12(10-22(2)21-15)9-20-17(23)14-8-13(18)7-11-5-4-6-19-16(11)14/h7-8,10,19H,3-6,9H2,1-2H3,(H,20,23). The lowest BCUT2D eigenvalue weighted by molar-refractivity contribution is 0.0951. The Hall–Kier alpha value is -2.01. The first-order chi connectivity index (χ1) is 11.1. The molecule has 0 aliphatic carbocycles. The van der Waals surface area contributed by atoms with Crippen LogP contribution in [0.3, 0.4) is 0 Å². The molecule has 6 heteroatoms. The van der Waals surface area contributed by atoms with Crippen molar-refractivity contribution in [3.63, 3.8) is 0 Å². The number of carbonyl (C=O) groups excluding carboxylic acids is 1. The largest absolute Gasteiger partial charge is 0.384 e. The number of aryl methyl sites for hydroxylation is 3. The third-order valence-corrected chi connectivity index (χ3v) is 4.34. The van der Waals surface area contributed by atoms with E-state index in [1.165, 1.54) is 0 Å². The van der Waals surface area contributed by atoms with E-state index in [0.717, 1.165) is 48.3 Å². The van der Waals surface area contributed by atoms with Gasteiger partial charge in [0.05, 0.1) is 16.9 Å². The summed E-state index contributed by atoms with van der Waals surface area (Å²) >= 11 is 6.17. The molecule has 1 aliphatic rings. The van der Waals surface area contributed by atoms with E-state index in [0.29, 0.717) is 17.1 Å². The Bertz CT molecular complexity index is 738. The van der Waals surface area contributed by atoms with Crippen molar-refractivity contribution < 1.29 is 4.79 Å². The van der Waals surface area contributed by atoms with E-state index in [9.17, 15) is 4.79 Å². The van der Waals surface area contributed by atoms with Crippen LogP contribution < -0.4 is 10.6 Å². The van der Waals surface area contributed by atoms with Crippen molar-refractivity contribution in [1.82, 2.24) is 15.1 Å². The van der Waals surface area contributed by atoms with Gasteiger partial charge in [0, 0.05) is 36.9 Å². The van der Waals surface area contributed by atoms with Crippen LogP contribution in [0, 0.1) is 0 Å². The maximum Gasteiger partial charge on any atom is 0.253 e. The molecule has 0 spiro atoms. The molecule has 0 radical (unpaired) electrons. The molecule has 0 saturated carbocycles.